The molecule has 5 heteroatoms. The number of benzene rings is 1. The molecular formula is C9H10ClNO3. The minimum Gasteiger partial charge on any atom is -0.450 e. The van der Waals surface area contributed by atoms with Gasteiger partial charge in [-0.05, 0) is 24.3 Å². The third-order valence-electron chi connectivity index (χ3n) is 1.50. The van der Waals surface area contributed by atoms with Gasteiger partial charge in [0, 0.05) is 17.3 Å². The van der Waals surface area contributed by atoms with E-state index in [-0.39, 0.29) is 6.61 Å². The highest BCUT2D eigenvalue weighted by Gasteiger charge is 1.95. The van der Waals surface area contributed by atoms with Crippen LogP contribution in [0.15, 0.2) is 24.3 Å². The summed E-state index contributed by atoms with van der Waals surface area (Å²) in [6, 6.07) is 7.12. The highest BCUT2D eigenvalue weighted by Crippen LogP contribution is 2.12. The van der Waals surface area contributed by atoms with E-state index in [4.69, 9.17) is 16.7 Å². The lowest BCUT2D eigenvalue weighted by molar-refractivity contribution is 0.0953. The molecule has 4 nitrogen and oxygen atoms in total. The average molecular weight is 216 g/mol. The molecule has 0 unspecified atom stereocenters. The molecule has 0 aliphatic carbocycles. The molecule has 1 rings (SSSR count). The molecule has 0 aromatic heterocycles. The van der Waals surface area contributed by atoms with Gasteiger partial charge in [0.25, 0.3) is 0 Å². The van der Waals surface area contributed by atoms with Gasteiger partial charge < -0.3 is 15.2 Å². The monoisotopic (exact) mass is 215 g/mol. The van der Waals surface area contributed by atoms with Crippen molar-refractivity contribution in [3.8, 4) is 0 Å². The molecule has 0 heterocycles. The number of carbonyl (C=O) groups is 1. The second-order valence-corrected chi connectivity index (χ2v) is 2.98. The highest BCUT2D eigenvalue weighted by atomic mass is 35.5. The Morgan fingerprint density at radius 2 is 2.07 bits per heavy atom. The lowest BCUT2D eigenvalue weighted by atomic mass is 10.3. The summed E-state index contributed by atoms with van der Waals surface area (Å²) >= 11 is 5.68. The Morgan fingerprint density at radius 3 is 2.64 bits per heavy atom. The Hall–Kier alpha value is -1.42. The SMILES string of the molecule is O=C(O)OCCNc1ccc(Cl)cc1. The smallest absolute Gasteiger partial charge is 0.450 e. The number of rotatable bonds is 4. The van der Waals surface area contributed by atoms with Crippen molar-refractivity contribution in [2.45, 2.75) is 0 Å². The molecule has 0 aliphatic rings. The van der Waals surface area contributed by atoms with E-state index in [2.05, 4.69) is 10.1 Å². The maximum atomic E-state index is 9.99. The largest absolute Gasteiger partial charge is 0.505 e. The first-order valence-electron chi connectivity index (χ1n) is 4.03. The first kappa shape index (κ1) is 10.7. The number of anilines is 1. The molecule has 0 saturated carbocycles. The minimum atomic E-state index is -1.26. The number of hydrogen-bond acceptors (Lipinski definition) is 3. The Labute approximate surface area is 86.4 Å². The van der Waals surface area contributed by atoms with Gasteiger partial charge in [-0.15, -0.1) is 0 Å². The molecule has 0 aliphatic heterocycles. The molecule has 0 radical (unpaired) electrons. The van der Waals surface area contributed by atoms with Gasteiger partial charge in [0.05, 0.1) is 0 Å². The second-order valence-electron chi connectivity index (χ2n) is 2.55. The van der Waals surface area contributed by atoms with Crippen LogP contribution in [0.4, 0.5) is 10.5 Å². The van der Waals surface area contributed by atoms with Crippen molar-refractivity contribution in [2.24, 2.45) is 0 Å². The van der Waals surface area contributed by atoms with Crippen LogP contribution in [0.25, 0.3) is 0 Å². The summed E-state index contributed by atoms with van der Waals surface area (Å²) in [6.45, 7) is 0.561. The number of halogens is 1. The van der Waals surface area contributed by atoms with E-state index < -0.39 is 6.16 Å². The highest BCUT2D eigenvalue weighted by molar-refractivity contribution is 6.30. The number of ether oxygens (including phenoxy) is 1. The second kappa shape index (κ2) is 5.34. The van der Waals surface area contributed by atoms with Crippen LogP contribution >= 0.6 is 11.6 Å². The molecule has 1 aromatic rings. The Bertz CT molecular complexity index is 299. The van der Waals surface area contributed by atoms with Gasteiger partial charge in [0.15, 0.2) is 0 Å². The van der Waals surface area contributed by atoms with Gasteiger partial charge in [-0.25, -0.2) is 4.79 Å². The summed E-state index contributed by atoms with van der Waals surface area (Å²) in [4.78, 5) is 9.99. The molecule has 0 bridgehead atoms. The Kier molecular flexibility index (Phi) is 4.07. The van der Waals surface area contributed by atoms with Crippen molar-refractivity contribution >= 4 is 23.4 Å². The van der Waals surface area contributed by atoms with E-state index >= 15 is 0 Å². The van der Waals surface area contributed by atoms with Crippen LogP contribution in [0.3, 0.4) is 0 Å². The average Bonchev–Trinajstić information content (AvgIpc) is 2.15. The molecule has 14 heavy (non-hydrogen) atoms. The fourth-order valence-electron chi connectivity index (χ4n) is 0.901. The minimum absolute atomic E-state index is 0.123. The summed E-state index contributed by atoms with van der Waals surface area (Å²) in [5.74, 6) is 0. The zero-order valence-electron chi connectivity index (χ0n) is 7.37. The van der Waals surface area contributed by atoms with E-state index in [1.165, 1.54) is 0 Å². The van der Waals surface area contributed by atoms with Crippen molar-refractivity contribution in [3.63, 3.8) is 0 Å². The zero-order valence-corrected chi connectivity index (χ0v) is 8.12. The van der Waals surface area contributed by atoms with Gasteiger partial charge in [0.1, 0.15) is 6.61 Å². The molecular weight excluding hydrogens is 206 g/mol. The van der Waals surface area contributed by atoms with Gasteiger partial charge >= 0.3 is 6.16 Å². The van der Waals surface area contributed by atoms with E-state index in [1.54, 1.807) is 12.1 Å². The topological polar surface area (TPSA) is 58.6 Å². The third-order valence-corrected chi connectivity index (χ3v) is 1.75. The van der Waals surface area contributed by atoms with Crippen molar-refractivity contribution < 1.29 is 14.6 Å². The zero-order chi connectivity index (χ0) is 10.4. The lowest BCUT2D eigenvalue weighted by Crippen LogP contribution is -2.11. The molecule has 0 amide bonds. The molecule has 1 aromatic carbocycles. The summed E-state index contributed by atoms with van der Waals surface area (Å²) in [6.07, 6.45) is -1.26. The van der Waals surface area contributed by atoms with Crippen LogP contribution in [0.1, 0.15) is 0 Å². The van der Waals surface area contributed by atoms with Crippen molar-refractivity contribution in [1.82, 2.24) is 0 Å². The molecule has 2 N–H and O–H groups in total. The Balaban J connectivity index is 2.25. The predicted octanol–water partition coefficient (Wildman–Crippen LogP) is 2.45. The van der Waals surface area contributed by atoms with Crippen molar-refractivity contribution in [2.75, 3.05) is 18.5 Å². The standard InChI is InChI=1S/C9H10ClNO3/c10-7-1-3-8(4-2-7)11-5-6-14-9(12)13/h1-4,11H,5-6H2,(H,12,13). The van der Waals surface area contributed by atoms with Crippen molar-refractivity contribution in [1.29, 1.82) is 0 Å². The fourth-order valence-corrected chi connectivity index (χ4v) is 1.03. The molecule has 0 fully saturated rings. The predicted molar refractivity (Wildman–Crippen MR) is 53.9 cm³/mol. The Morgan fingerprint density at radius 1 is 1.43 bits per heavy atom. The van der Waals surface area contributed by atoms with Crippen molar-refractivity contribution in [3.05, 3.63) is 29.3 Å². The maximum Gasteiger partial charge on any atom is 0.505 e. The first-order chi connectivity index (χ1) is 6.68. The summed E-state index contributed by atoms with van der Waals surface area (Å²) < 4.78 is 4.32. The first-order valence-corrected chi connectivity index (χ1v) is 4.41. The van der Waals surface area contributed by atoms with Crippen LogP contribution in [0.5, 0.6) is 0 Å². The molecule has 76 valence electrons. The van der Waals surface area contributed by atoms with E-state index in [0.29, 0.717) is 11.6 Å². The maximum absolute atomic E-state index is 9.99. The molecule has 0 saturated heterocycles. The number of carboxylic acid groups (broad SMARTS) is 1. The summed E-state index contributed by atoms with van der Waals surface area (Å²) in [7, 11) is 0. The fraction of sp³-hybridized carbons (Fsp3) is 0.222. The van der Waals surface area contributed by atoms with Gasteiger partial charge in [-0.2, -0.15) is 0 Å². The molecule has 0 spiro atoms. The van der Waals surface area contributed by atoms with Crippen LogP contribution in [0.2, 0.25) is 5.02 Å². The quantitative estimate of drug-likeness (QED) is 0.598. The van der Waals surface area contributed by atoms with Crippen LogP contribution in [-0.4, -0.2) is 24.4 Å². The summed E-state index contributed by atoms with van der Waals surface area (Å²) in [5.41, 5.74) is 0.878. The number of nitrogens with one attached hydrogen (secondary N) is 1. The molecule has 0 atom stereocenters. The van der Waals surface area contributed by atoms with Gasteiger partial charge in [0.2, 0.25) is 0 Å². The third kappa shape index (κ3) is 4.00. The van der Waals surface area contributed by atoms with E-state index in [0.717, 1.165) is 5.69 Å². The normalized spacial score (nSPS) is 9.50. The van der Waals surface area contributed by atoms with E-state index in [9.17, 15) is 4.79 Å². The lowest BCUT2D eigenvalue weighted by Gasteiger charge is -2.05. The van der Waals surface area contributed by atoms with Crippen LogP contribution < -0.4 is 5.32 Å². The van der Waals surface area contributed by atoms with E-state index in [1.807, 2.05) is 12.1 Å². The van der Waals surface area contributed by atoms with Gasteiger partial charge in [-0.3, -0.25) is 0 Å². The summed E-state index contributed by atoms with van der Waals surface area (Å²) in [5, 5.41) is 11.8. The van der Waals surface area contributed by atoms with Gasteiger partial charge in [-0.1, -0.05) is 11.6 Å². The van der Waals surface area contributed by atoms with Crippen LogP contribution in [-0.2, 0) is 4.74 Å². The van der Waals surface area contributed by atoms with Crippen LogP contribution in [0, 0.1) is 0 Å². The number of hydrogen-bond donors (Lipinski definition) is 2.